The van der Waals surface area contributed by atoms with Gasteiger partial charge in [0.1, 0.15) is 0 Å². The molecule has 0 saturated heterocycles. The Morgan fingerprint density at radius 1 is 1.54 bits per heavy atom. The summed E-state index contributed by atoms with van der Waals surface area (Å²) in [6.07, 6.45) is 1.26. The SMILES string of the molecule is C=C[Si](C)(CC[CH2-])OC(C)C.[I-].[Mg+2]. The van der Waals surface area contributed by atoms with Gasteiger partial charge in [0.05, 0.1) is 0 Å². The first-order valence-electron chi connectivity index (χ1n) is 4.15. The molecule has 0 heterocycles. The summed E-state index contributed by atoms with van der Waals surface area (Å²) in [7, 11) is -1.59. The van der Waals surface area contributed by atoms with Gasteiger partial charge in [-0.25, -0.2) is 0 Å². The fourth-order valence-corrected chi connectivity index (χ4v) is 3.30. The van der Waals surface area contributed by atoms with Gasteiger partial charge in [-0.1, -0.05) is 11.7 Å². The first-order chi connectivity index (χ1) is 5.04. The second kappa shape index (κ2) is 9.95. The average Bonchev–Trinajstić information content (AvgIpc) is 1.87. The van der Waals surface area contributed by atoms with Crippen LogP contribution >= 0.6 is 0 Å². The second-order valence-electron chi connectivity index (χ2n) is 3.29. The van der Waals surface area contributed by atoms with Crippen LogP contribution in [0, 0.1) is 6.92 Å². The van der Waals surface area contributed by atoms with E-state index < -0.39 is 8.32 Å². The molecule has 1 nitrogen and oxygen atoms in total. The van der Waals surface area contributed by atoms with E-state index in [0.717, 1.165) is 12.5 Å². The van der Waals surface area contributed by atoms with Crippen molar-refractivity contribution in [1.82, 2.24) is 0 Å². The monoisotopic (exact) mass is 322 g/mol. The van der Waals surface area contributed by atoms with Crippen LogP contribution in [0.4, 0.5) is 0 Å². The van der Waals surface area contributed by atoms with E-state index in [0.29, 0.717) is 6.10 Å². The van der Waals surface area contributed by atoms with Crippen LogP contribution < -0.4 is 24.0 Å². The zero-order chi connectivity index (χ0) is 8.91. The summed E-state index contributed by atoms with van der Waals surface area (Å²) in [6.45, 7) is 14.0. The van der Waals surface area contributed by atoms with Crippen LogP contribution in [0.1, 0.15) is 20.3 Å². The molecule has 0 rings (SSSR count). The van der Waals surface area contributed by atoms with Crippen LogP contribution in [0.15, 0.2) is 12.3 Å². The summed E-state index contributed by atoms with van der Waals surface area (Å²) in [5.74, 6) is 0. The van der Waals surface area contributed by atoms with Crippen molar-refractivity contribution in [2.75, 3.05) is 0 Å². The zero-order valence-electron chi connectivity index (χ0n) is 8.98. The third kappa shape index (κ3) is 9.71. The molecule has 1 unspecified atom stereocenters. The van der Waals surface area contributed by atoms with Gasteiger partial charge in [-0.3, -0.25) is 0 Å². The third-order valence-corrected chi connectivity index (χ3v) is 4.83. The van der Waals surface area contributed by atoms with Gasteiger partial charge in [0, 0.05) is 6.10 Å². The zero-order valence-corrected chi connectivity index (χ0v) is 13.5. The van der Waals surface area contributed by atoms with Crippen LogP contribution in [0.25, 0.3) is 0 Å². The quantitative estimate of drug-likeness (QED) is 0.379. The molecular formula is C9H19IMgOSi. The summed E-state index contributed by atoms with van der Waals surface area (Å²) in [4.78, 5) is 0. The van der Waals surface area contributed by atoms with Crippen molar-refractivity contribution >= 4 is 31.4 Å². The molecule has 13 heavy (non-hydrogen) atoms. The van der Waals surface area contributed by atoms with E-state index in [-0.39, 0.29) is 47.0 Å². The van der Waals surface area contributed by atoms with Gasteiger partial charge in [0.15, 0.2) is 0 Å². The Morgan fingerprint density at radius 3 is 2.23 bits per heavy atom. The Labute approximate surface area is 117 Å². The molecule has 0 N–H and O–H groups in total. The van der Waals surface area contributed by atoms with Gasteiger partial charge in [-0.15, -0.1) is 6.58 Å². The molecule has 4 heteroatoms. The van der Waals surface area contributed by atoms with Gasteiger partial charge >= 0.3 is 23.1 Å². The normalized spacial score (nSPS) is 13.9. The summed E-state index contributed by atoms with van der Waals surface area (Å²) >= 11 is 0. The molecule has 0 fully saturated rings. The Balaban J connectivity index is -0.000000500. The minimum absolute atomic E-state index is 0. The van der Waals surface area contributed by atoms with Crippen molar-refractivity contribution in [2.24, 2.45) is 0 Å². The third-order valence-electron chi connectivity index (χ3n) is 1.61. The molecule has 0 aromatic heterocycles. The number of halogens is 1. The van der Waals surface area contributed by atoms with Crippen LogP contribution in [0.3, 0.4) is 0 Å². The molecule has 0 aliphatic rings. The maximum Gasteiger partial charge on any atom is 2.00 e. The predicted molar refractivity (Wildman–Crippen MR) is 58.6 cm³/mol. The molecule has 74 valence electrons. The Kier molecular flexibility index (Phi) is 15.2. The van der Waals surface area contributed by atoms with Crippen LogP contribution in [-0.4, -0.2) is 37.5 Å². The fourth-order valence-electron chi connectivity index (χ4n) is 1.10. The van der Waals surface area contributed by atoms with E-state index in [1.54, 1.807) is 0 Å². The van der Waals surface area contributed by atoms with Crippen molar-refractivity contribution in [3.05, 3.63) is 19.2 Å². The summed E-state index contributed by atoms with van der Waals surface area (Å²) in [5, 5.41) is 0. The molecule has 1 atom stereocenters. The number of rotatable bonds is 5. The maximum absolute atomic E-state index is 5.81. The van der Waals surface area contributed by atoms with Gasteiger partial charge < -0.3 is 35.3 Å². The standard InChI is InChI=1S/C9H19OSi.HI.Mg/c1-6-8-11(5,7-2)10-9(3)4;;/h7,9H,1-2,6,8H2,3-5H3;1H;/q-1;;+2/p-1. The van der Waals surface area contributed by atoms with Crippen LogP contribution in [0.5, 0.6) is 0 Å². The molecule has 0 spiro atoms. The fraction of sp³-hybridized carbons (Fsp3) is 0.667. The van der Waals surface area contributed by atoms with Crippen molar-refractivity contribution < 1.29 is 28.4 Å². The Hall–Kier alpha value is 1.41. The van der Waals surface area contributed by atoms with E-state index in [2.05, 4.69) is 33.9 Å². The molecule has 0 aromatic carbocycles. The molecule has 0 aliphatic heterocycles. The van der Waals surface area contributed by atoms with E-state index >= 15 is 0 Å². The first-order valence-corrected chi connectivity index (χ1v) is 6.84. The van der Waals surface area contributed by atoms with Gasteiger partial charge in [-0.2, -0.15) is 6.42 Å². The Bertz CT molecular complexity index is 133. The van der Waals surface area contributed by atoms with E-state index in [9.17, 15) is 0 Å². The maximum atomic E-state index is 5.81. The van der Waals surface area contributed by atoms with Crippen molar-refractivity contribution in [1.29, 1.82) is 0 Å². The topological polar surface area (TPSA) is 9.23 Å². The summed E-state index contributed by atoms with van der Waals surface area (Å²) in [6, 6.07) is 1.08. The van der Waals surface area contributed by atoms with E-state index in [1.165, 1.54) is 0 Å². The predicted octanol–water partition coefficient (Wildman–Crippen LogP) is -0.441. The molecule has 0 amide bonds. The molecule has 0 aliphatic carbocycles. The van der Waals surface area contributed by atoms with Gasteiger partial charge in [0.2, 0.25) is 8.32 Å². The average molecular weight is 323 g/mol. The number of hydrogen-bond donors (Lipinski definition) is 0. The molecule has 0 saturated carbocycles. The van der Waals surface area contributed by atoms with Crippen LogP contribution in [-0.2, 0) is 4.43 Å². The number of hydrogen-bond acceptors (Lipinski definition) is 1. The van der Waals surface area contributed by atoms with Crippen molar-refractivity contribution in [3.8, 4) is 0 Å². The second-order valence-corrected chi connectivity index (χ2v) is 7.06. The summed E-state index contributed by atoms with van der Waals surface area (Å²) in [5.41, 5.74) is 2.00. The molecule has 0 aromatic rings. The Morgan fingerprint density at radius 2 is 2.00 bits per heavy atom. The smallest absolute Gasteiger partial charge is 1.00 e. The van der Waals surface area contributed by atoms with E-state index in [4.69, 9.17) is 4.43 Å². The van der Waals surface area contributed by atoms with Crippen molar-refractivity contribution in [3.63, 3.8) is 0 Å². The van der Waals surface area contributed by atoms with Crippen molar-refractivity contribution in [2.45, 2.75) is 39.0 Å². The first kappa shape index (κ1) is 19.9. The minimum atomic E-state index is -1.59. The van der Waals surface area contributed by atoms with Crippen LogP contribution in [0.2, 0.25) is 12.6 Å². The minimum Gasteiger partial charge on any atom is -1.00 e. The largest absolute Gasteiger partial charge is 2.00 e. The van der Waals surface area contributed by atoms with E-state index in [1.807, 2.05) is 5.70 Å². The molecular weight excluding hydrogens is 303 g/mol. The summed E-state index contributed by atoms with van der Waals surface area (Å²) < 4.78 is 5.81. The molecule has 0 bridgehead atoms. The molecule has 0 radical (unpaired) electrons. The van der Waals surface area contributed by atoms with Gasteiger partial charge in [-0.05, 0) is 20.4 Å². The van der Waals surface area contributed by atoms with Gasteiger partial charge in [0.25, 0.3) is 0 Å².